The highest BCUT2D eigenvalue weighted by molar-refractivity contribution is 5.77. The van der Waals surface area contributed by atoms with Crippen LogP contribution in [-0.4, -0.2) is 36.9 Å². The Morgan fingerprint density at radius 3 is 2.67 bits per heavy atom. The summed E-state index contributed by atoms with van der Waals surface area (Å²) in [7, 11) is 3.88. The van der Waals surface area contributed by atoms with Gasteiger partial charge in [0.15, 0.2) is 0 Å². The Kier molecular flexibility index (Phi) is 4.73. The van der Waals surface area contributed by atoms with Gasteiger partial charge in [-0.1, -0.05) is 0 Å². The number of carbonyl (C=O) groups is 1. The summed E-state index contributed by atoms with van der Waals surface area (Å²) < 4.78 is 3.71. The number of amides is 1. The number of hydrogen-bond acceptors (Lipinski definition) is 3. The van der Waals surface area contributed by atoms with Gasteiger partial charge in [0.1, 0.15) is 0 Å². The molecule has 6 nitrogen and oxygen atoms in total. The highest BCUT2D eigenvalue weighted by Crippen LogP contribution is 2.30. The monoisotopic (exact) mass is 329 g/mol. The van der Waals surface area contributed by atoms with Gasteiger partial charge in [-0.05, 0) is 51.2 Å². The maximum atomic E-state index is 12.9. The second-order valence-corrected chi connectivity index (χ2v) is 6.79. The van der Waals surface area contributed by atoms with Crippen molar-refractivity contribution in [2.24, 2.45) is 14.1 Å². The number of aryl methyl sites for hydroxylation is 3. The fourth-order valence-electron chi connectivity index (χ4n) is 3.70. The van der Waals surface area contributed by atoms with E-state index in [1.54, 1.807) is 0 Å². The largest absolute Gasteiger partial charge is 0.334 e. The van der Waals surface area contributed by atoms with Gasteiger partial charge in [0.2, 0.25) is 5.91 Å². The summed E-state index contributed by atoms with van der Waals surface area (Å²) in [4.78, 5) is 14.9. The molecule has 3 rings (SSSR count). The molecule has 1 amide bonds. The smallest absolute Gasteiger partial charge is 0.223 e. The van der Waals surface area contributed by atoms with Gasteiger partial charge in [-0.2, -0.15) is 10.2 Å². The summed E-state index contributed by atoms with van der Waals surface area (Å²) in [5.41, 5.74) is 4.40. The average Bonchev–Trinajstić information content (AvgIpc) is 3.10. The fraction of sp³-hybridized carbons (Fsp3) is 0.611. The third-order valence-corrected chi connectivity index (χ3v) is 5.15. The summed E-state index contributed by atoms with van der Waals surface area (Å²) in [5, 5.41) is 8.97. The van der Waals surface area contributed by atoms with Crippen LogP contribution >= 0.6 is 0 Å². The van der Waals surface area contributed by atoms with E-state index in [9.17, 15) is 4.79 Å². The molecule has 3 heterocycles. The molecule has 0 spiro atoms. The molecule has 0 aromatic carbocycles. The van der Waals surface area contributed by atoms with Crippen molar-refractivity contribution in [2.45, 2.75) is 52.0 Å². The summed E-state index contributed by atoms with van der Waals surface area (Å²) in [6.45, 7) is 4.92. The quantitative estimate of drug-likeness (QED) is 0.866. The van der Waals surface area contributed by atoms with E-state index in [0.29, 0.717) is 6.42 Å². The Morgan fingerprint density at radius 1 is 1.25 bits per heavy atom. The topological polar surface area (TPSA) is 56.0 Å². The maximum Gasteiger partial charge on any atom is 0.223 e. The predicted octanol–water partition coefficient (Wildman–Crippen LogP) is 2.46. The summed E-state index contributed by atoms with van der Waals surface area (Å²) >= 11 is 0. The van der Waals surface area contributed by atoms with Crippen LogP contribution in [0.1, 0.15) is 54.4 Å². The van der Waals surface area contributed by atoms with Crippen molar-refractivity contribution in [3.63, 3.8) is 0 Å². The SMILES string of the molecule is Cc1nn(C)c(C)c1CCC(=O)N1CCCC[C@@H]1c1ccn(C)n1. The van der Waals surface area contributed by atoms with Crippen molar-refractivity contribution in [1.82, 2.24) is 24.5 Å². The second kappa shape index (κ2) is 6.79. The van der Waals surface area contributed by atoms with E-state index >= 15 is 0 Å². The van der Waals surface area contributed by atoms with Crippen LogP contribution in [0.25, 0.3) is 0 Å². The number of likely N-dealkylation sites (tertiary alicyclic amines) is 1. The molecular formula is C18H27N5O. The molecule has 1 aliphatic heterocycles. The Hall–Kier alpha value is -2.11. The fourth-order valence-corrected chi connectivity index (χ4v) is 3.70. The zero-order valence-electron chi connectivity index (χ0n) is 15.1. The van der Waals surface area contributed by atoms with Crippen LogP contribution in [0, 0.1) is 13.8 Å². The van der Waals surface area contributed by atoms with Crippen LogP contribution in [0.2, 0.25) is 0 Å². The number of hydrogen-bond donors (Lipinski definition) is 0. The first kappa shape index (κ1) is 16.7. The van der Waals surface area contributed by atoms with E-state index in [1.807, 2.05) is 47.5 Å². The molecule has 24 heavy (non-hydrogen) atoms. The van der Waals surface area contributed by atoms with Crippen molar-refractivity contribution in [3.05, 3.63) is 34.9 Å². The molecule has 0 radical (unpaired) electrons. The highest BCUT2D eigenvalue weighted by atomic mass is 16.2. The van der Waals surface area contributed by atoms with Crippen LogP contribution in [0.4, 0.5) is 0 Å². The van der Waals surface area contributed by atoms with E-state index in [-0.39, 0.29) is 11.9 Å². The Labute approximate surface area is 143 Å². The van der Waals surface area contributed by atoms with Gasteiger partial charge in [0, 0.05) is 39.0 Å². The van der Waals surface area contributed by atoms with Crippen LogP contribution in [0.3, 0.4) is 0 Å². The molecule has 0 bridgehead atoms. The van der Waals surface area contributed by atoms with Crippen molar-refractivity contribution in [2.75, 3.05) is 6.54 Å². The van der Waals surface area contributed by atoms with Crippen molar-refractivity contribution in [1.29, 1.82) is 0 Å². The third-order valence-electron chi connectivity index (χ3n) is 5.15. The molecule has 0 aliphatic carbocycles. The Bertz CT molecular complexity index is 730. The molecule has 0 saturated carbocycles. The number of piperidine rings is 1. The molecule has 2 aromatic heterocycles. The maximum absolute atomic E-state index is 12.9. The minimum Gasteiger partial charge on any atom is -0.334 e. The molecule has 0 N–H and O–H groups in total. The Morgan fingerprint density at radius 2 is 2.04 bits per heavy atom. The standard InChI is InChI=1S/C18H27N5O/c1-13-15(14(2)22(4)19-13)8-9-18(24)23-11-6-5-7-17(23)16-10-12-21(3)20-16/h10,12,17H,5-9,11H2,1-4H3/t17-/m1/s1. The summed E-state index contributed by atoms with van der Waals surface area (Å²) in [5.74, 6) is 0.230. The van der Waals surface area contributed by atoms with Gasteiger partial charge in [-0.3, -0.25) is 14.2 Å². The van der Waals surface area contributed by atoms with E-state index in [0.717, 1.165) is 49.3 Å². The number of nitrogens with zero attached hydrogens (tertiary/aromatic N) is 5. The highest BCUT2D eigenvalue weighted by Gasteiger charge is 2.29. The molecule has 1 fully saturated rings. The third kappa shape index (κ3) is 3.23. The molecule has 2 aromatic rings. The average molecular weight is 329 g/mol. The molecule has 1 aliphatic rings. The van der Waals surface area contributed by atoms with Gasteiger partial charge < -0.3 is 4.90 Å². The number of aromatic nitrogens is 4. The molecule has 0 unspecified atom stereocenters. The first-order valence-electron chi connectivity index (χ1n) is 8.75. The second-order valence-electron chi connectivity index (χ2n) is 6.79. The van der Waals surface area contributed by atoms with Crippen LogP contribution in [0.15, 0.2) is 12.3 Å². The van der Waals surface area contributed by atoms with Gasteiger partial charge in [0.25, 0.3) is 0 Å². The molecule has 6 heteroatoms. The summed E-state index contributed by atoms with van der Waals surface area (Å²) in [6, 6.07) is 2.16. The normalized spacial score (nSPS) is 18.2. The lowest BCUT2D eigenvalue weighted by Crippen LogP contribution is -2.38. The zero-order chi connectivity index (χ0) is 17.3. The van der Waals surface area contributed by atoms with Crippen molar-refractivity contribution < 1.29 is 4.79 Å². The van der Waals surface area contributed by atoms with Gasteiger partial charge in [0.05, 0.1) is 17.4 Å². The number of carbonyl (C=O) groups excluding carboxylic acids is 1. The van der Waals surface area contributed by atoms with Gasteiger partial charge in [-0.15, -0.1) is 0 Å². The molecule has 1 atom stereocenters. The predicted molar refractivity (Wildman–Crippen MR) is 92.5 cm³/mol. The van der Waals surface area contributed by atoms with Gasteiger partial charge >= 0.3 is 0 Å². The zero-order valence-corrected chi connectivity index (χ0v) is 15.1. The minimum absolute atomic E-state index is 0.128. The lowest BCUT2D eigenvalue weighted by atomic mass is 9.98. The lowest BCUT2D eigenvalue weighted by Gasteiger charge is -2.35. The van der Waals surface area contributed by atoms with Crippen LogP contribution in [-0.2, 0) is 25.3 Å². The van der Waals surface area contributed by atoms with Crippen LogP contribution in [0.5, 0.6) is 0 Å². The van der Waals surface area contributed by atoms with E-state index in [1.165, 1.54) is 5.56 Å². The van der Waals surface area contributed by atoms with Crippen molar-refractivity contribution in [3.8, 4) is 0 Å². The number of rotatable bonds is 4. The van der Waals surface area contributed by atoms with E-state index < -0.39 is 0 Å². The summed E-state index contributed by atoms with van der Waals surface area (Å²) in [6.07, 6.45) is 6.50. The van der Waals surface area contributed by atoms with Crippen molar-refractivity contribution >= 4 is 5.91 Å². The lowest BCUT2D eigenvalue weighted by molar-refractivity contribution is -0.135. The van der Waals surface area contributed by atoms with E-state index in [2.05, 4.69) is 17.1 Å². The Balaban J connectivity index is 1.70. The molecular weight excluding hydrogens is 302 g/mol. The van der Waals surface area contributed by atoms with E-state index in [4.69, 9.17) is 0 Å². The molecule has 130 valence electrons. The first-order chi connectivity index (χ1) is 11.5. The minimum atomic E-state index is 0.128. The molecule has 1 saturated heterocycles. The van der Waals surface area contributed by atoms with Gasteiger partial charge in [-0.25, -0.2) is 0 Å². The first-order valence-corrected chi connectivity index (χ1v) is 8.75. The van der Waals surface area contributed by atoms with Crippen LogP contribution < -0.4 is 0 Å².